The van der Waals surface area contributed by atoms with E-state index >= 15 is 0 Å². The third-order valence-corrected chi connectivity index (χ3v) is 3.14. The summed E-state index contributed by atoms with van der Waals surface area (Å²) in [6.45, 7) is 4.10. The predicted molar refractivity (Wildman–Crippen MR) is 79.6 cm³/mol. The highest BCUT2D eigenvalue weighted by molar-refractivity contribution is 5.85. The van der Waals surface area contributed by atoms with Gasteiger partial charge in [-0.3, -0.25) is 4.90 Å². The lowest BCUT2D eigenvalue weighted by Crippen LogP contribution is -2.42. The van der Waals surface area contributed by atoms with Crippen molar-refractivity contribution < 1.29 is 18.3 Å². The summed E-state index contributed by atoms with van der Waals surface area (Å²) in [5.41, 5.74) is 1.04. The number of nitrogens with one attached hydrogen (secondary N) is 1. The zero-order valence-electron chi connectivity index (χ0n) is 12.0. The molecule has 0 saturated carbocycles. The third kappa shape index (κ3) is 5.65. The van der Waals surface area contributed by atoms with Crippen molar-refractivity contribution in [1.82, 2.24) is 10.2 Å². The molecule has 1 fully saturated rings. The van der Waals surface area contributed by atoms with Crippen LogP contribution >= 0.6 is 12.4 Å². The first kappa shape index (κ1) is 17.9. The Labute approximate surface area is 129 Å². The van der Waals surface area contributed by atoms with Gasteiger partial charge in [0.2, 0.25) is 0 Å². The van der Waals surface area contributed by atoms with E-state index in [-0.39, 0.29) is 18.2 Å². The van der Waals surface area contributed by atoms with Crippen molar-refractivity contribution in [1.29, 1.82) is 0 Å². The lowest BCUT2D eigenvalue weighted by Gasteiger charge is -2.27. The molecule has 0 aromatic heterocycles. The fourth-order valence-corrected chi connectivity index (χ4v) is 2.24. The van der Waals surface area contributed by atoms with Crippen molar-refractivity contribution in [3.05, 3.63) is 23.8 Å². The number of nitrogens with zero attached hydrogens (tertiary/aromatic N) is 1. The van der Waals surface area contributed by atoms with Crippen LogP contribution in [0.5, 0.6) is 11.5 Å². The fourth-order valence-electron chi connectivity index (χ4n) is 2.24. The Kier molecular flexibility index (Phi) is 7.71. The Balaban J connectivity index is 0.00000220. The highest BCUT2D eigenvalue weighted by Crippen LogP contribution is 2.30. The number of hydrogen-bond donors (Lipinski definition) is 1. The van der Waals surface area contributed by atoms with Crippen molar-refractivity contribution in [3.8, 4) is 11.5 Å². The van der Waals surface area contributed by atoms with Gasteiger partial charge in [-0.05, 0) is 24.6 Å². The third-order valence-electron chi connectivity index (χ3n) is 3.14. The van der Waals surface area contributed by atoms with Crippen LogP contribution in [0.3, 0.4) is 0 Å². The first-order valence-electron chi connectivity index (χ1n) is 6.82. The Morgan fingerprint density at radius 1 is 1.24 bits per heavy atom. The monoisotopic (exact) mass is 322 g/mol. The molecule has 1 N–H and O–H groups in total. The molecule has 1 heterocycles. The van der Waals surface area contributed by atoms with E-state index in [9.17, 15) is 8.78 Å². The first-order chi connectivity index (χ1) is 9.69. The molecule has 2 rings (SSSR count). The quantitative estimate of drug-likeness (QED) is 0.872. The zero-order chi connectivity index (χ0) is 14.4. The number of rotatable bonds is 6. The molecule has 1 aromatic rings. The highest BCUT2D eigenvalue weighted by atomic mass is 35.5. The molecule has 0 atom stereocenters. The van der Waals surface area contributed by atoms with Gasteiger partial charge in [0.25, 0.3) is 0 Å². The largest absolute Gasteiger partial charge is 0.490 e. The molecule has 21 heavy (non-hydrogen) atoms. The maximum Gasteiger partial charge on any atom is 0.387 e. The molecule has 0 unspecified atom stereocenters. The Hall–Kier alpha value is -1.11. The van der Waals surface area contributed by atoms with E-state index in [0.29, 0.717) is 12.4 Å². The number of alkyl halides is 2. The lowest BCUT2D eigenvalue weighted by atomic mass is 10.1. The Bertz CT molecular complexity index is 429. The van der Waals surface area contributed by atoms with E-state index in [1.165, 1.54) is 0 Å². The lowest BCUT2D eigenvalue weighted by molar-refractivity contribution is -0.0514. The molecule has 120 valence electrons. The van der Waals surface area contributed by atoms with Gasteiger partial charge >= 0.3 is 6.61 Å². The number of benzene rings is 1. The van der Waals surface area contributed by atoms with Crippen molar-refractivity contribution >= 4 is 12.4 Å². The van der Waals surface area contributed by atoms with Crippen LogP contribution in [0, 0.1) is 0 Å². The van der Waals surface area contributed by atoms with Crippen LogP contribution < -0.4 is 14.8 Å². The second-order valence-corrected chi connectivity index (χ2v) is 4.62. The molecule has 1 saturated heterocycles. The molecule has 7 heteroatoms. The van der Waals surface area contributed by atoms with Gasteiger partial charge < -0.3 is 14.8 Å². The molecule has 1 aliphatic rings. The molecule has 4 nitrogen and oxygen atoms in total. The van der Waals surface area contributed by atoms with Gasteiger partial charge in [-0.1, -0.05) is 6.07 Å². The SMILES string of the molecule is CCOc1cc(CN2CCNCC2)ccc1OC(F)F.Cl. The average Bonchev–Trinajstić information content (AvgIpc) is 2.43. The molecule has 0 amide bonds. The van der Waals surface area contributed by atoms with Gasteiger partial charge in [-0.15, -0.1) is 12.4 Å². The summed E-state index contributed by atoms with van der Waals surface area (Å²) in [6, 6.07) is 5.14. The van der Waals surface area contributed by atoms with Gasteiger partial charge in [-0.25, -0.2) is 0 Å². The minimum Gasteiger partial charge on any atom is -0.490 e. The molecule has 0 bridgehead atoms. The van der Waals surface area contributed by atoms with Crippen molar-refractivity contribution in [2.75, 3.05) is 32.8 Å². The van der Waals surface area contributed by atoms with E-state index in [2.05, 4.69) is 15.0 Å². The molecule has 1 aliphatic heterocycles. The number of ether oxygens (including phenoxy) is 2. The van der Waals surface area contributed by atoms with Crippen LogP contribution in [0.4, 0.5) is 8.78 Å². The Morgan fingerprint density at radius 2 is 1.95 bits per heavy atom. The van der Waals surface area contributed by atoms with Crippen LogP contribution in [0.1, 0.15) is 12.5 Å². The summed E-state index contributed by atoms with van der Waals surface area (Å²) < 4.78 is 34.5. The van der Waals surface area contributed by atoms with Crippen LogP contribution in [0.15, 0.2) is 18.2 Å². The Morgan fingerprint density at radius 3 is 2.57 bits per heavy atom. The van der Waals surface area contributed by atoms with Crippen molar-refractivity contribution in [2.45, 2.75) is 20.1 Å². The minimum absolute atomic E-state index is 0. The van der Waals surface area contributed by atoms with Crippen LogP contribution in [0.2, 0.25) is 0 Å². The summed E-state index contributed by atoms with van der Waals surface area (Å²) in [5.74, 6) is 0.464. The maximum absolute atomic E-state index is 12.3. The molecular weight excluding hydrogens is 302 g/mol. The van der Waals surface area contributed by atoms with Crippen molar-refractivity contribution in [2.24, 2.45) is 0 Å². The van der Waals surface area contributed by atoms with E-state index in [0.717, 1.165) is 38.3 Å². The first-order valence-corrected chi connectivity index (χ1v) is 6.82. The van der Waals surface area contributed by atoms with E-state index in [1.54, 1.807) is 12.1 Å². The van der Waals surface area contributed by atoms with Gasteiger partial charge in [0.05, 0.1) is 6.61 Å². The maximum atomic E-state index is 12.3. The van der Waals surface area contributed by atoms with Crippen molar-refractivity contribution in [3.63, 3.8) is 0 Å². The van der Waals surface area contributed by atoms with Gasteiger partial charge in [0.1, 0.15) is 0 Å². The van der Waals surface area contributed by atoms with Gasteiger partial charge in [0.15, 0.2) is 11.5 Å². The molecule has 0 spiro atoms. The summed E-state index contributed by atoms with van der Waals surface area (Å²) in [7, 11) is 0. The minimum atomic E-state index is -2.84. The molecule has 0 aliphatic carbocycles. The van der Waals surface area contributed by atoms with E-state index in [1.807, 2.05) is 13.0 Å². The number of halogens is 3. The van der Waals surface area contributed by atoms with E-state index in [4.69, 9.17) is 4.74 Å². The number of hydrogen-bond acceptors (Lipinski definition) is 4. The van der Waals surface area contributed by atoms with Gasteiger partial charge in [-0.2, -0.15) is 8.78 Å². The summed E-state index contributed by atoms with van der Waals surface area (Å²) >= 11 is 0. The topological polar surface area (TPSA) is 33.7 Å². The molecule has 0 radical (unpaired) electrons. The normalized spacial score (nSPS) is 15.6. The van der Waals surface area contributed by atoms with E-state index < -0.39 is 6.61 Å². The van der Waals surface area contributed by atoms with Crippen LogP contribution in [0.25, 0.3) is 0 Å². The second kappa shape index (κ2) is 9.02. The smallest absolute Gasteiger partial charge is 0.387 e. The predicted octanol–water partition coefficient (Wildman–Crippen LogP) is 2.51. The second-order valence-electron chi connectivity index (χ2n) is 4.62. The fraction of sp³-hybridized carbons (Fsp3) is 0.571. The van der Waals surface area contributed by atoms with Gasteiger partial charge in [0, 0.05) is 32.7 Å². The number of piperazine rings is 1. The molecule has 1 aromatic carbocycles. The summed E-state index contributed by atoms with van der Waals surface area (Å²) in [6.07, 6.45) is 0. The zero-order valence-corrected chi connectivity index (χ0v) is 12.8. The average molecular weight is 323 g/mol. The standard InChI is InChI=1S/C14H20F2N2O2.ClH/c1-2-19-13-9-11(3-4-12(13)20-14(15)16)10-18-7-5-17-6-8-18;/h3-4,9,14,17H,2,5-8,10H2,1H3;1H. The molecular formula is C14H21ClF2N2O2. The highest BCUT2D eigenvalue weighted by Gasteiger charge is 2.14. The summed E-state index contributed by atoms with van der Waals surface area (Å²) in [5, 5.41) is 3.29. The van der Waals surface area contributed by atoms with Crippen LogP contribution in [-0.2, 0) is 6.54 Å². The summed E-state index contributed by atoms with van der Waals surface area (Å²) in [4.78, 5) is 2.31. The van der Waals surface area contributed by atoms with Crippen LogP contribution in [-0.4, -0.2) is 44.3 Å².